The lowest BCUT2D eigenvalue weighted by Crippen LogP contribution is -2.51. The minimum atomic E-state index is -4.99. The minimum Gasteiger partial charge on any atom is -0.404 e. The van der Waals surface area contributed by atoms with Gasteiger partial charge in [0.05, 0.1) is 46.7 Å². The zero-order chi connectivity index (χ0) is 30.8. The summed E-state index contributed by atoms with van der Waals surface area (Å²) >= 11 is 0. The van der Waals surface area contributed by atoms with E-state index >= 15 is 0 Å². The van der Waals surface area contributed by atoms with Crippen molar-refractivity contribution in [1.29, 1.82) is 0 Å². The average Bonchev–Trinajstić information content (AvgIpc) is 3.72. The number of rotatable bonds is 6. The Morgan fingerprint density at radius 3 is 2.33 bits per heavy atom. The van der Waals surface area contributed by atoms with Crippen LogP contribution < -0.4 is 21.1 Å². The first kappa shape index (κ1) is 29.6. The van der Waals surface area contributed by atoms with Crippen LogP contribution in [0, 0.1) is 0 Å². The fourth-order valence-corrected chi connectivity index (χ4v) is 5.46. The van der Waals surface area contributed by atoms with E-state index in [2.05, 4.69) is 15.0 Å². The van der Waals surface area contributed by atoms with E-state index in [1.165, 1.54) is 23.0 Å². The summed E-state index contributed by atoms with van der Waals surface area (Å²) in [5.41, 5.74) is -1.24. The molecule has 1 N–H and O–H groups in total. The molecule has 2 aliphatic heterocycles. The molecule has 1 saturated carbocycles. The molecule has 14 heteroatoms. The fraction of sp³-hybridized carbons (Fsp3) is 0.483. The number of carbonyl (C=O) groups is 1. The summed E-state index contributed by atoms with van der Waals surface area (Å²) in [5.74, 6) is -1.02. The van der Waals surface area contributed by atoms with Crippen molar-refractivity contribution in [2.24, 2.45) is 0 Å². The Hall–Kier alpha value is -3.46. The van der Waals surface area contributed by atoms with Crippen LogP contribution in [0.5, 0.6) is 5.75 Å². The van der Waals surface area contributed by atoms with Crippen LogP contribution in [0.2, 0.25) is 0 Å². The lowest BCUT2D eigenvalue weighted by molar-refractivity contribution is -0.274. The Bertz CT molecular complexity index is 1620. The van der Waals surface area contributed by atoms with Gasteiger partial charge in [0, 0.05) is 13.1 Å². The van der Waals surface area contributed by atoms with Crippen molar-refractivity contribution in [2.75, 3.05) is 31.6 Å². The molecule has 3 fully saturated rings. The van der Waals surface area contributed by atoms with Crippen molar-refractivity contribution in [1.82, 2.24) is 14.5 Å². The van der Waals surface area contributed by atoms with Crippen molar-refractivity contribution in [3.05, 3.63) is 53.1 Å². The van der Waals surface area contributed by atoms with Gasteiger partial charge in [0.15, 0.2) is 5.75 Å². The topological polar surface area (TPSA) is 104 Å². The molecule has 2 saturated heterocycles. The number of halogens is 3. The van der Waals surface area contributed by atoms with Gasteiger partial charge in [-0.15, -0.1) is 13.2 Å². The van der Waals surface area contributed by atoms with Crippen molar-refractivity contribution in [3.63, 3.8) is 0 Å². The summed E-state index contributed by atoms with van der Waals surface area (Å²) in [6.07, 6.45) is -2.54. The van der Waals surface area contributed by atoms with Crippen LogP contribution in [0.4, 0.5) is 18.9 Å². The lowest BCUT2D eigenvalue weighted by Gasteiger charge is -2.34. The molecule has 1 aromatic heterocycles. The Morgan fingerprint density at radius 2 is 1.70 bits per heavy atom. The summed E-state index contributed by atoms with van der Waals surface area (Å²) in [7, 11) is -0.641. The summed E-state index contributed by atoms with van der Waals surface area (Å²) in [6, 6.07) is 8.72. The molecule has 0 spiro atoms. The lowest BCUT2D eigenvalue weighted by atomic mass is 9.79. The van der Waals surface area contributed by atoms with Gasteiger partial charge in [-0.05, 0) is 76.3 Å². The number of nitrogens with one attached hydrogen (secondary N) is 1. The second-order valence-corrected chi connectivity index (χ2v) is 12.1. The number of hydrogen-bond acceptors (Lipinski definition) is 8. The number of morpholine rings is 1. The molecule has 1 aliphatic carbocycles. The van der Waals surface area contributed by atoms with E-state index in [4.69, 9.17) is 14.0 Å². The van der Waals surface area contributed by atoms with Crippen LogP contribution in [0.15, 0.2) is 47.5 Å². The largest absolute Gasteiger partial charge is 0.573 e. The highest BCUT2D eigenvalue weighted by Crippen LogP contribution is 2.44. The van der Waals surface area contributed by atoms with E-state index in [0.717, 1.165) is 6.07 Å². The molecule has 43 heavy (non-hydrogen) atoms. The van der Waals surface area contributed by atoms with Gasteiger partial charge >= 0.3 is 13.5 Å². The summed E-state index contributed by atoms with van der Waals surface area (Å²) < 4.78 is 62.8. The maximum atomic E-state index is 13.5. The van der Waals surface area contributed by atoms with Gasteiger partial charge in [-0.3, -0.25) is 19.1 Å². The number of anilines is 1. The highest BCUT2D eigenvalue weighted by atomic mass is 19.4. The molecule has 0 radical (unpaired) electrons. The maximum Gasteiger partial charge on any atom is 0.573 e. The number of alkyl halides is 3. The first-order chi connectivity index (χ1) is 20.2. The quantitative estimate of drug-likeness (QED) is 0.430. The van der Waals surface area contributed by atoms with E-state index in [1.54, 1.807) is 18.2 Å². The van der Waals surface area contributed by atoms with Crippen molar-refractivity contribution >= 4 is 35.1 Å². The molecule has 10 nitrogen and oxygen atoms in total. The van der Waals surface area contributed by atoms with Crippen LogP contribution in [0.25, 0.3) is 16.6 Å². The number of aromatic nitrogens is 2. The van der Waals surface area contributed by atoms with Crippen molar-refractivity contribution in [2.45, 2.75) is 63.6 Å². The number of hydrogen-bond donors (Lipinski definition) is 1. The van der Waals surface area contributed by atoms with Gasteiger partial charge in [0.1, 0.15) is 11.9 Å². The molecule has 0 atom stereocenters. The Labute approximate surface area is 246 Å². The fourth-order valence-electron chi connectivity index (χ4n) is 5.46. The predicted molar refractivity (Wildman–Crippen MR) is 153 cm³/mol. The van der Waals surface area contributed by atoms with Crippen LogP contribution in [0.1, 0.15) is 40.5 Å². The SMILES string of the molecule is CC1(C)OB(c2ccc3c(=O)n(-c4ccc(OC(F)(F)F)c(NC(=O)C5(N6CCOCC6)CC5)c4)cnc3c2)OC1(C)C. The Kier molecular flexibility index (Phi) is 7.11. The van der Waals surface area contributed by atoms with Gasteiger partial charge in [-0.1, -0.05) is 6.07 Å². The van der Waals surface area contributed by atoms with Crippen LogP contribution in [-0.4, -0.2) is 76.9 Å². The molecule has 3 aromatic rings. The Morgan fingerprint density at radius 1 is 1.02 bits per heavy atom. The number of amides is 1. The predicted octanol–water partition coefficient (Wildman–Crippen LogP) is 3.39. The third-order valence-electron chi connectivity index (χ3n) is 8.79. The number of ether oxygens (including phenoxy) is 2. The number of fused-ring (bicyclic) bond motifs is 1. The highest BCUT2D eigenvalue weighted by molar-refractivity contribution is 6.62. The van der Waals surface area contributed by atoms with Crippen LogP contribution >= 0.6 is 0 Å². The smallest absolute Gasteiger partial charge is 0.404 e. The molecule has 3 heterocycles. The van der Waals surface area contributed by atoms with Crippen molar-refractivity contribution < 1.29 is 36.7 Å². The molecule has 6 rings (SSSR count). The zero-order valence-corrected chi connectivity index (χ0v) is 24.3. The molecule has 2 aromatic carbocycles. The van der Waals surface area contributed by atoms with Crippen LogP contribution in [-0.2, 0) is 18.8 Å². The van der Waals surface area contributed by atoms with E-state index in [1.807, 2.05) is 32.6 Å². The van der Waals surface area contributed by atoms with Crippen molar-refractivity contribution in [3.8, 4) is 11.4 Å². The number of nitrogens with zero attached hydrogens (tertiary/aromatic N) is 3. The van der Waals surface area contributed by atoms with Gasteiger partial charge in [-0.25, -0.2) is 4.98 Å². The third-order valence-corrected chi connectivity index (χ3v) is 8.79. The number of benzene rings is 2. The standard InChI is InChI=1S/C29H32BF3N4O6/c1-26(2)27(3,4)43-30(42-26)18-5-7-20-21(15-18)34-17-37(24(20)38)19-6-8-23(41-29(31,32)33)22(16-19)35-25(39)28(9-10-28)36-11-13-40-14-12-36/h5-8,15-17H,9-14H2,1-4H3,(H,35,39). The first-order valence-corrected chi connectivity index (χ1v) is 14.1. The normalized spacial score (nSPS) is 21.1. The molecule has 1 amide bonds. The Balaban J connectivity index is 1.32. The maximum absolute atomic E-state index is 13.5. The highest BCUT2D eigenvalue weighted by Gasteiger charge is 2.55. The second kappa shape index (κ2) is 10.3. The van der Waals surface area contributed by atoms with E-state index < -0.39 is 47.4 Å². The molecular formula is C29H32BF3N4O6. The first-order valence-electron chi connectivity index (χ1n) is 14.1. The monoisotopic (exact) mass is 600 g/mol. The van der Waals surface area contributed by atoms with Gasteiger partial charge < -0.3 is 24.1 Å². The van der Waals surface area contributed by atoms with E-state index in [-0.39, 0.29) is 16.8 Å². The van der Waals surface area contributed by atoms with E-state index in [9.17, 15) is 22.8 Å². The van der Waals surface area contributed by atoms with Gasteiger partial charge in [0.25, 0.3) is 5.56 Å². The average molecular weight is 600 g/mol. The summed E-state index contributed by atoms with van der Waals surface area (Å²) in [4.78, 5) is 33.4. The molecular weight excluding hydrogens is 568 g/mol. The summed E-state index contributed by atoms with van der Waals surface area (Å²) in [6.45, 7) is 9.83. The van der Waals surface area contributed by atoms with Gasteiger partial charge in [-0.2, -0.15) is 0 Å². The third kappa shape index (κ3) is 5.52. The van der Waals surface area contributed by atoms with Gasteiger partial charge in [0.2, 0.25) is 5.91 Å². The minimum absolute atomic E-state index is 0.204. The van der Waals surface area contributed by atoms with Crippen LogP contribution in [0.3, 0.4) is 0 Å². The molecule has 0 unspecified atom stereocenters. The zero-order valence-electron chi connectivity index (χ0n) is 24.3. The molecule has 0 bridgehead atoms. The number of carbonyl (C=O) groups excluding carboxylic acids is 1. The second-order valence-electron chi connectivity index (χ2n) is 12.1. The van der Waals surface area contributed by atoms with E-state index in [0.29, 0.717) is 50.1 Å². The molecule has 228 valence electrons. The summed E-state index contributed by atoms with van der Waals surface area (Å²) in [5, 5.41) is 2.93. The molecule has 3 aliphatic rings.